The lowest BCUT2D eigenvalue weighted by molar-refractivity contribution is -0.144. The second-order valence-corrected chi connectivity index (χ2v) is 7.81. The van der Waals surface area contributed by atoms with E-state index >= 15 is 0 Å². The number of thioether (sulfide) groups is 1. The van der Waals surface area contributed by atoms with Crippen molar-refractivity contribution in [2.24, 2.45) is 0 Å². The molecule has 0 unspecified atom stereocenters. The Hall–Kier alpha value is -2.23. The van der Waals surface area contributed by atoms with E-state index < -0.39 is 5.92 Å². The van der Waals surface area contributed by atoms with E-state index in [1.54, 1.807) is 45.0 Å². The summed E-state index contributed by atoms with van der Waals surface area (Å²) in [6.45, 7) is 6.84. The smallest absolute Gasteiger partial charge is 0.316 e. The summed E-state index contributed by atoms with van der Waals surface area (Å²) in [5.74, 6) is -0.906. The molecule has 0 saturated heterocycles. The van der Waals surface area contributed by atoms with Crippen LogP contribution >= 0.6 is 23.4 Å². The van der Waals surface area contributed by atoms with Crippen molar-refractivity contribution in [2.75, 3.05) is 5.75 Å². The highest BCUT2D eigenvalue weighted by Gasteiger charge is 2.33. The van der Waals surface area contributed by atoms with Crippen molar-refractivity contribution in [1.82, 2.24) is 5.32 Å². The maximum atomic E-state index is 12.3. The van der Waals surface area contributed by atoms with Gasteiger partial charge in [0.2, 0.25) is 0 Å². The van der Waals surface area contributed by atoms with Crippen LogP contribution < -0.4 is 5.32 Å². The molecule has 0 aromatic heterocycles. The first kappa shape index (κ1) is 21.1. The third-order valence-electron chi connectivity index (χ3n) is 3.93. The number of dihydropyridines is 1. The summed E-state index contributed by atoms with van der Waals surface area (Å²) in [5.41, 5.74) is 2.39. The molecule has 0 aliphatic carbocycles. The molecule has 0 radical (unpaired) electrons. The summed E-state index contributed by atoms with van der Waals surface area (Å²) in [7, 11) is 0. The predicted molar refractivity (Wildman–Crippen MR) is 107 cm³/mol. The number of esters is 1. The number of allylic oxidation sites excluding steroid dienone is 3. The van der Waals surface area contributed by atoms with Crippen LogP contribution in [-0.4, -0.2) is 23.6 Å². The SMILES string of the molecule is CC(=O)C1=C(C)NC(SCC(=O)OC(C)C)=C(C#N)[C@@H]1c1ccc(Cl)cc1. The van der Waals surface area contributed by atoms with Crippen LogP contribution in [0.25, 0.3) is 0 Å². The first-order valence-corrected chi connectivity index (χ1v) is 9.81. The first-order chi connectivity index (χ1) is 12.7. The predicted octanol–water partition coefficient (Wildman–Crippen LogP) is 4.31. The monoisotopic (exact) mass is 404 g/mol. The van der Waals surface area contributed by atoms with Gasteiger partial charge in [-0.3, -0.25) is 9.59 Å². The molecule has 1 heterocycles. The maximum Gasteiger partial charge on any atom is 0.316 e. The average molecular weight is 405 g/mol. The van der Waals surface area contributed by atoms with E-state index in [1.807, 2.05) is 0 Å². The number of hydrogen-bond donors (Lipinski definition) is 1. The molecule has 0 bridgehead atoms. The van der Waals surface area contributed by atoms with Crippen LogP contribution in [0.5, 0.6) is 0 Å². The van der Waals surface area contributed by atoms with Gasteiger partial charge in [-0.25, -0.2) is 0 Å². The van der Waals surface area contributed by atoms with Crippen molar-refractivity contribution in [3.63, 3.8) is 0 Å². The molecule has 7 heteroatoms. The number of carbonyl (C=O) groups excluding carboxylic acids is 2. The van der Waals surface area contributed by atoms with Gasteiger partial charge in [-0.1, -0.05) is 35.5 Å². The van der Waals surface area contributed by atoms with Crippen LogP contribution in [0.15, 0.2) is 46.1 Å². The van der Waals surface area contributed by atoms with Gasteiger partial charge in [0.1, 0.15) is 0 Å². The number of benzene rings is 1. The quantitative estimate of drug-likeness (QED) is 0.711. The van der Waals surface area contributed by atoms with Crippen LogP contribution in [0.2, 0.25) is 5.02 Å². The molecule has 2 rings (SSSR count). The molecule has 0 amide bonds. The molecule has 1 atom stereocenters. The Kier molecular flexibility index (Phi) is 7.11. The van der Waals surface area contributed by atoms with Crippen LogP contribution in [-0.2, 0) is 14.3 Å². The van der Waals surface area contributed by atoms with E-state index in [4.69, 9.17) is 16.3 Å². The zero-order valence-electron chi connectivity index (χ0n) is 15.6. The van der Waals surface area contributed by atoms with Crippen molar-refractivity contribution in [1.29, 1.82) is 5.26 Å². The number of ketones is 1. The third kappa shape index (κ3) is 5.15. The molecule has 0 spiro atoms. The Morgan fingerprint density at radius 3 is 2.48 bits per heavy atom. The normalized spacial score (nSPS) is 16.9. The minimum absolute atomic E-state index is 0.0711. The molecule has 1 aromatic carbocycles. The van der Waals surface area contributed by atoms with Crippen molar-refractivity contribution in [3.8, 4) is 6.07 Å². The number of nitrogens with zero attached hydrogens (tertiary/aromatic N) is 1. The van der Waals surface area contributed by atoms with Gasteiger partial charge in [0, 0.05) is 16.3 Å². The molecule has 0 fully saturated rings. The van der Waals surface area contributed by atoms with Gasteiger partial charge in [-0.15, -0.1) is 0 Å². The highest BCUT2D eigenvalue weighted by Crippen LogP contribution is 2.41. The second-order valence-electron chi connectivity index (χ2n) is 6.39. The Bertz CT molecular complexity index is 851. The third-order valence-corrected chi connectivity index (χ3v) is 5.17. The van der Waals surface area contributed by atoms with Crippen molar-refractivity contribution in [3.05, 3.63) is 56.7 Å². The van der Waals surface area contributed by atoms with Gasteiger partial charge < -0.3 is 10.1 Å². The summed E-state index contributed by atoms with van der Waals surface area (Å²) < 4.78 is 5.15. The van der Waals surface area contributed by atoms with Gasteiger partial charge in [-0.2, -0.15) is 5.26 Å². The summed E-state index contributed by atoms with van der Waals surface area (Å²) >= 11 is 7.18. The number of hydrogen-bond acceptors (Lipinski definition) is 6. The number of carbonyl (C=O) groups is 2. The van der Waals surface area contributed by atoms with Gasteiger partial charge in [0.05, 0.1) is 34.4 Å². The van der Waals surface area contributed by atoms with Crippen LogP contribution in [0.3, 0.4) is 0 Å². The highest BCUT2D eigenvalue weighted by molar-refractivity contribution is 8.03. The lowest BCUT2D eigenvalue weighted by Gasteiger charge is -2.29. The Morgan fingerprint density at radius 1 is 1.33 bits per heavy atom. The number of rotatable bonds is 6. The van der Waals surface area contributed by atoms with E-state index in [0.29, 0.717) is 26.9 Å². The van der Waals surface area contributed by atoms with E-state index in [0.717, 1.165) is 5.56 Å². The van der Waals surface area contributed by atoms with Gasteiger partial charge in [-0.05, 0) is 45.4 Å². The zero-order valence-corrected chi connectivity index (χ0v) is 17.2. The van der Waals surface area contributed by atoms with Crippen LogP contribution in [0, 0.1) is 11.3 Å². The molecule has 1 aliphatic rings. The molecule has 1 aromatic rings. The highest BCUT2D eigenvalue weighted by atomic mass is 35.5. The van der Waals surface area contributed by atoms with Gasteiger partial charge in [0.25, 0.3) is 0 Å². The first-order valence-electron chi connectivity index (χ1n) is 8.45. The van der Waals surface area contributed by atoms with Gasteiger partial charge in [0.15, 0.2) is 5.78 Å². The van der Waals surface area contributed by atoms with Gasteiger partial charge >= 0.3 is 5.97 Å². The molecule has 1 aliphatic heterocycles. The fraction of sp³-hybridized carbons (Fsp3) is 0.350. The molecule has 5 nitrogen and oxygen atoms in total. The minimum atomic E-state index is -0.505. The molecular formula is C20H21ClN2O3S. The van der Waals surface area contributed by atoms with Crippen molar-refractivity contribution < 1.29 is 14.3 Å². The topological polar surface area (TPSA) is 79.2 Å². The van der Waals surface area contributed by atoms with Crippen LogP contribution in [0.4, 0.5) is 0 Å². The molecule has 142 valence electrons. The number of halogens is 1. The van der Waals surface area contributed by atoms with E-state index in [1.165, 1.54) is 18.7 Å². The number of Topliss-reactive ketones (excluding diaryl/α,β-unsaturated/α-hetero) is 1. The fourth-order valence-electron chi connectivity index (χ4n) is 2.91. The molecular weight excluding hydrogens is 384 g/mol. The van der Waals surface area contributed by atoms with Crippen molar-refractivity contribution >= 4 is 35.1 Å². The average Bonchev–Trinajstić information content (AvgIpc) is 2.59. The Labute approximate surface area is 168 Å². The zero-order chi connectivity index (χ0) is 20.1. The minimum Gasteiger partial charge on any atom is -0.462 e. The summed E-state index contributed by atoms with van der Waals surface area (Å²) in [5, 5.41) is 14.1. The van der Waals surface area contributed by atoms with E-state index in [-0.39, 0.29) is 23.6 Å². The standard InChI is InChI=1S/C20H21ClN2O3S/c1-11(2)26-17(25)10-27-20-16(9-22)19(14-5-7-15(21)8-6-14)18(13(4)24)12(3)23-20/h5-8,11,19,23H,10H2,1-4H3/t19-/m0/s1. The van der Waals surface area contributed by atoms with Crippen molar-refractivity contribution in [2.45, 2.75) is 39.7 Å². The lowest BCUT2D eigenvalue weighted by atomic mass is 9.81. The van der Waals surface area contributed by atoms with E-state index in [9.17, 15) is 14.9 Å². The Balaban J connectivity index is 2.43. The maximum absolute atomic E-state index is 12.3. The number of nitrogens with one attached hydrogen (secondary N) is 1. The summed E-state index contributed by atoms with van der Waals surface area (Å²) in [6.07, 6.45) is -0.199. The van der Waals surface area contributed by atoms with Crippen LogP contribution in [0.1, 0.15) is 39.2 Å². The molecule has 0 saturated carbocycles. The summed E-state index contributed by atoms with van der Waals surface area (Å²) in [6, 6.07) is 9.29. The number of ether oxygens (including phenoxy) is 1. The largest absolute Gasteiger partial charge is 0.462 e. The summed E-state index contributed by atoms with van der Waals surface area (Å²) in [4.78, 5) is 24.2. The molecule has 27 heavy (non-hydrogen) atoms. The lowest BCUT2D eigenvalue weighted by Crippen LogP contribution is -2.27. The Morgan fingerprint density at radius 2 is 1.96 bits per heavy atom. The number of nitriles is 1. The fourth-order valence-corrected chi connectivity index (χ4v) is 3.91. The van der Waals surface area contributed by atoms with E-state index in [2.05, 4.69) is 11.4 Å². The second kappa shape index (κ2) is 9.12. The molecule has 1 N–H and O–H groups in total.